The van der Waals surface area contributed by atoms with Crippen molar-refractivity contribution in [3.8, 4) is 16.3 Å². The van der Waals surface area contributed by atoms with Crippen LogP contribution in [0.15, 0.2) is 54.0 Å². The largest absolute Gasteiger partial charge is 0.493 e. The quantitative estimate of drug-likeness (QED) is 0.282. The molecular formula is C26H25F3N2O3S. The van der Waals surface area contributed by atoms with Crippen molar-refractivity contribution >= 4 is 28.2 Å². The minimum Gasteiger partial charge on any atom is -0.493 e. The number of nitrogens with one attached hydrogen (secondary N) is 1. The summed E-state index contributed by atoms with van der Waals surface area (Å²) in [5.41, 5.74) is 1.97. The summed E-state index contributed by atoms with van der Waals surface area (Å²) in [4.78, 5) is 19.8. The Hall–Kier alpha value is -3.33. The third-order valence-electron chi connectivity index (χ3n) is 5.13. The first-order valence-corrected chi connectivity index (χ1v) is 11.9. The van der Waals surface area contributed by atoms with Crippen molar-refractivity contribution in [1.82, 2.24) is 9.97 Å². The molecule has 5 nitrogen and oxygen atoms in total. The van der Waals surface area contributed by atoms with Crippen LogP contribution in [0.25, 0.3) is 21.5 Å². The molecule has 0 aliphatic carbocycles. The molecule has 2 aromatic heterocycles. The Morgan fingerprint density at radius 3 is 2.51 bits per heavy atom. The smallest absolute Gasteiger partial charge is 0.416 e. The molecule has 2 heterocycles. The van der Waals surface area contributed by atoms with Crippen molar-refractivity contribution in [1.29, 1.82) is 0 Å². The number of benzene rings is 2. The van der Waals surface area contributed by atoms with Gasteiger partial charge in [-0.1, -0.05) is 12.1 Å². The Kier molecular flexibility index (Phi) is 6.89. The molecule has 35 heavy (non-hydrogen) atoms. The number of nitrogens with zero attached hydrogens (tertiary/aromatic N) is 1. The molecule has 0 amide bonds. The highest BCUT2D eigenvalue weighted by Gasteiger charge is 2.30. The predicted octanol–water partition coefficient (Wildman–Crippen LogP) is 6.82. The lowest BCUT2D eigenvalue weighted by molar-refractivity contribution is -0.153. The zero-order valence-electron chi connectivity index (χ0n) is 19.5. The first kappa shape index (κ1) is 24.8. The standard InChI is InChI=1S/C26H25F3N2O3S/c1-25(2,3)34-23(32)12-17-14-30-22-13-20(8-9-21(17)22)33-11-10-19-15-35-24(31-19)16-4-6-18(7-5-16)26(27,28)29/h4-9,13-15,30H,10-12H2,1-3H3. The van der Waals surface area contributed by atoms with Crippen LogP contribution in [-0.2, 0) is 28.5 Å². The predicted molar refractivity (Wildman–Crippen MR) is 130 cm³/mol. The normalized spacial score (nSPS) is 12.2. The number of H-pyrrole nitrogens is 1. The molecule has 184 valence electrons. The van der Waals surface area contributed by atoms with Crippen LogP contribution < -0.4 is 4.74 Å². The number of hydrogen-bond acceptors (Lipinski definition) is 5. The van der Waals surface area contributed by atoms with Gasteiger partial charge in [0, 0.05) is 40.5 Å². The highest BCUT2D eigenvalue weighted by atomic mass is 32.1. The number of aromatic amines is 1. The van der Waals surface area contributed by atoms with Gasteiger partial charge in [0.25, 0.3) is 0 Å². The number of halogens is 3. The van der Waals surface area contributed by atoms with Gasteiger partial charge in [0.1, 0.15) is 16.4 Å². The van der Waals surface area contributed by atoms with Crippen molar-refractivity contribution in [3.63, 3.8) is 0 Å². The van der Waals surface area contributed by atoms with Gasteiger partial charge in [-0.25, -0.2) is 4.98 Å². The van der Waals surface area contributed by atoms with E-state index in [2.05, 4.69) is 9.97 Å². The lowest BCUT2D eigenvalue weighted by Gasteiger charge is -2.19. The number of esters is 1. The molecule has 0 radical (unpaired) electrons. The van der Waals surface area contributed by atoms with E-state index in [0.717, 1.165) is 34.3 Å². The van der Waals surface area contributed by atoms with Crippen LogP contribution in [0.4, 0.5) is 13.2 Å². The molecule has 0 fully saturated rings. The second-order valence-corrected chi connectivity index (χ2v) is 9.96. The number of aromatic nitrogens is 2. The van der Waals surface area contributed by atoms with E-state index in [1.807, 2.05) is 44.4 Å². The number of thiazole rings is 1. The van der Waals surface area contributed by atoms with E-state index in [9.17, 15) is 18.0 Å². The Balaban J connectivity index is 1.33. The minimum atomic E-state index is -4.35. The minimum absolute atomic E-state index is 0.183. The Labute approximate surface area is 204 Å². The van der Waals surface area contributed by atoms with Gasteiger partial charge in [-0.3, -0.25) is 4.79 Å². The van der Waals surface area contributed by atoms with Crippen LogP contribution in [0.1, 0.15) is 37.6 Å². The van der Waals surface area contributed by atoms with Gasteiger partial charge in [-0.2, -0.15) is 13.2 Å². The van der Waals surface area contributed by atoms with Crippen LogP contribution in [-0.4, -0.2) is 28.1 Å². The maximum absolute atomic E-state index is 12.7. The molecule has 9 heteroatoms. The number of alkyl halides is 3. The second kappa shape index (κ2) is 9.73. The summed E-state index contributed by atoms with van der Waals surface area (Å²) in [6, 6.07) is 10.6. The summed E-state index contributed by atoms with van der Waals surface area (Å²) < 4.78 is 49.5. The van der Waals surface area contributed by atoms with E-state index >= 15 is 0 Å². The van der Waals surface area contributed by atoms with E-state index in [1.54, 1.807) is 6.20 Å². The third-order valence-corrected chi connectivity index (χ3v) is 6.07. The monoisotopic (exact) mass is 502 g/mol. The third kappa shape index (κ3) is 6.42. The van der Waals surface area contributed by atoms with E-state index in [-0.39, 0.29) is 12.4 Å². The summed E-state index contributed by atoms with van der Waals surface area (Å²) in [6.07, 6.45) is -1.81. The first-order valence-electron chi connectivity index (χ1n) is 11.0. The summed E-state index contributed by atoms with van der Waals surface area (Å²) in [5.74, 6) is 0.402. The molecule has 2 aromatic carbocycles. The fraction of sp³-hybridized carbons (Fsp3) is 0.308. The van der Waals surface area contributed by atoms with Gasteiger partial charge in [0.05, 0.1) is 24.3 Å². The molecular weight excluding hydrogens is 477 g/mol. The summed E-state index contributed by atoms with van der Waals surface area (Å²) in [6.45, 7) is 5.91. The Bertz CT molecular complexity index is 1320. The fourth-order valence-electron chi connectivity index (χ4n) is 3.56. The molecule has 0 bridgehead atoms. The SMILES string of the molecule is CC(C)(C)OC(=O)Cc1c[nH]c2cc(OCCc3csc(-c4ccc(C(F)(F)F)cc4)n3)ccc12. The van der Waals surface area contributed by atoms with Gasteiger partial charge in [0.2, 0.25) is 0 Å². The van der Waals surface area contributed by atoms with Crippen molar-refractivity contribution in [2.24, 2.45) is 0 Å². The van der Waals surface area contributed by atoms with E-state index in [4.69, 9.17) is 9.47 Å². The number of carbonyl (C=O) groups is 1. The van der Waals surface area contributed by atoms with Gasteiger partial charge in [-0.05, 0) is 50.6 Å². The highest BCUT2D eigenvalue weighted by Crippen LogP contribution is 2.32. The van der Waals surface area contributed by atoms with E-state index in [0.29, 0.717) is 29.3 Å². The lowest BCUT2D eigenvalue weighted by Crippen LogP contribution is -2.24. The van der Waals surface area contributed by atoms with Crippen LogP contribution in [0.2, 0.25) is 0 Å². The van der Waals surface area contributed by atoms with Gasteiger partial charge in [-0.15, -0.1) is 11.3 Å². The molecule has 0 aliphatic rings. The summed E-state index contributed by atoms with van der Waals surface area (Å²) in [7, 11) is 0. The molecule has 0 atom stereocenters. The Morgan fingerprint density at radius 2 is 1.83 bits per heavy atom. The number of carbonyl (C=O) groups excluding carboxylic acids is 1. The maximum atomic E-state index is 12.7. The van der Waals surface area contributed by atoms with Gasteiger partial charge < -0.3 is 14.5 Å². The molecule has 0 saturated carbocycles. The highest BCUT2D eigenvalue weighted by molar-refractivity contribution is 7.13. The van der Waals surface area contributed by atoms with Crippen molar-refractivity contribution in [2.45, 2.75) is 45.4 Å². The maximum Gasteiger partial charge on any atom is 0.416 e. The number of fused-ring (bicyclic) bond motifs is 1. The van der Waals surface area contributed by atoms with Crippen LogP contribution in [0, 0.1) is 0 Å². The average molecular weight is 503 g/mol. The van der Waals surface area contributed by atoms with Crippen molar-refractivity contribution in [3.05, 3.63) is 70.9 Å². The number of rotatable bonds is 7. The average Bonchev–Trinajstić information content (AvgIpc) is 3.39. The molecule has 4 aromatic rings. The molecule has 0 aliphatic heterocycles. The Morgan fingerprint density at radius 1 is 1.09 bits per heavy atom. The molecule has 0 saturated heterocycles. The van der Waals surface area contributed by atoms with Gasteiger partial charge in [0.15, 0.2) is 0 Å². The zero-order chi connectivity index (χ0) is 25.2. The van der Waals surface area contributed by atoms with Crippen molar-refractivity contribution in [2.75, 3.05) is 6.61 Å². The number of ether oxygens (including phenoxy) is 2. The van der Waals surface area contributed by atoms with Gasteiger partial charge >= 0.3 is 12.1 Å². The summed E-state index contributed by atoms with van der Waals surface area (Å²) >= 11 is 1.38. The number of hydrogen-bond donors (Lipinski definition) is 1. The molecule has 1 N–H and O–H groups in total. The van der Waals surface area contributed by atoms with E-state index < -0.39 is 17.3 Å². The van der Waals surface area contributed by atoms with Crippen LogP contribution in [0.5, 0.6) is 5.75 Å². The summed E-state index contributed by atoms with van der Waals surface area (Å²) in [5, 5.41) is 3.48. The zero-order valence-corrected chi connectivity index (χ0v) is 20.3. The molecule has 0 unspecified atom stereocenters. The topological polar surface area (TPSA) is 64.2 Å². The van der Waals surface area contributed by atoms with Crippen LogP contribution in [0.3, 0.4) is 0 Å². The van der Waals surface area contributed by atoms with Crippen molar-refractivity contribution < 1.29 is 27.4 Å². The van der Waals surface area contributed by atoms with E-state index in [1.165, 1.54) is 23.5 Å². The first-order chi connectivity index (χ1) is 16.5. The fourth-order valence-corrected chi connectivity index (χ4v) is 4.42. The second-order valence-electron chi connectivity index (χ2n) is 9.10. The molecule has 0 spiro atoms. The van der Waals surface area contributed by atoms with Crippen LogP contribution >= 0.6 is 11.3 Å². The molecule has 4 rings (SSSR count). The lowest BCUT2D eigenvalue weighted by atomic mass is 10.1.